The maximum atomic E-state index is 5.85. The molecule has 0 amide bonds. The van der Waals surface area contributed by atoms with Gasteiger partial charge in [0.05, 0.1) is 12.7 Å². The molecule has 2 aliphatic rings. The van der Waals surface area contributed by atoms with E-state index in [-0.39, 0.29) is 0 Å². The number of fused-ring (bicyclic) bond motifs is 1. The zero-order chi connectivity index (χ0) is 14.5. The number of hydrogen-bond donors (Lipinski definition) is 1. The number of benzene rings is 1. The average Bonchev–Trinajstić information content (AvgIpc) is 2.56. The fraction of sp³-hybridized carbons (Fsp3) is 0.667. The van der Waals surface area contributed by atoms with Crippen molar-refractivity contribution in [1.29, 1.82) is 0 Å². The Labute approximate surface area is 128 Å². The SMILES string of the molecule is CNC(CCC1CCCCO1)c1ccc2c(c1)CCCO2. The van der Waals surface area contributed by atoms with Crippen molar-refractivity contribution in [3.8, 4) is 5.75 Å². The van der Waals surface area contributed by atoms with E-state index in [0.717, 1.165) is 44.6 Å². The zero-order valence-electron chi connectivity index (χ0n) is 13.1. The van der Waals surface area contributed by atoms with Crippen LogP contribution in [-0.4, -0.2) is 26.4 Å². The van der Waals surface area contributed by atoms with Crippen LogP contribution in [0, 0.1) is 0 Å². The van der Waals surface area contributed by atoms with Gasteiger partial charge in [-0.05, 0) is 69.2 Å². The summed E-state index contributed by atoms with van der Waals surface area (Å²) in [6.07, 6.45) is 8.83. The number of nitrogens with one attached hydrogen (secondary N) is 1. The van der Waals surface area contributed by atoms with E-state index in [9.17, 15) is 0 Å². The summed E-state index contributed by atoms with van der Waals surface area (Å²) in [5, 5.41) is 3.47. The van der Waals surface area contributed by atoms with Gasteiger partial charge in [-0.3, -0.25) is 0 Å². The Bertz CT molecular complexity index is 455. The van der Waals surface area contributed by atoms with Crippen LogP contribution in [0.5, 0.6) is 5.75 Å². The Hall–Kier alpha value is -1.06. The topological polar surface area (TPSA) is 30.5 Å². The first-order valence-corrected chi connectivity index (χ1v) is 8.41. The van der Waals surface area contributed by atoms with Crippen molar-refractivity contribution < 1.29 is 9.47 Å². The summed E-state index contributed by atoms with van der Waals surface area (Å²) in [4.78, 5) is 0. The highest BCUT2D eigenvalue weighted by molar-refractivity contribution is 5.39. The summed E-state index contributed by atoms with van der Waals surface area (Å²) >= 11 is 0. The first-order chi connectivity index (χ1) is 10.4. The second kappa shape index (κ2) is 7.28. The van der Waals surface area contributed by atoms with Crippen molar-refractivity contribution in [2.75, 3.05) is 20.3 Å². The second-order valence-corrected chi connectivity index (χ2v) is 6.23. The molecule has 21 heavy (non-hydrogen) atoms. The third-order valence-corrected chi connectivity index (χ3v) is 4.73. The van der Waals surface area contributed by atoms with Gasteiger partial charge < -0.3 is 14.8 Å². The van der Waals surface area contributed by atoms with E-state index in [1.807, 2.05) is 0 Å². The van der Waals surface area contributed by atoms with Gasteiger partial charge in [-0.2, -0.15) is 0 Å². The lowest BCUT2D eigenvalue weighted by Gasteiger charge is -2.26. The minimum Gasteiger partial charge on any atom is -0.493 e. The highest BCUT2D eigenvalue weighted by Crippen LogP contribution is 2.30. The highest BCUT2D eigenvalue weighted by atomic mass is 16.5. The highest BCUT2D eigenvalue weighted by Gasteiger charge is 2.18. The smallest absolute Gasteiger partial charge is 0.122 e. The summed E-state index contributed by atoms with van der Waals surface area (Å²) in [6.45, 7) is 1.81. The van der Waals surface area contributed by atoms with Gasteiger partial charge >= 0.3 is 0 Å². The molecule has 3 heteroatoms. The standard InChI is InChI=1S/C18H27NO2/c1-19-17(9-8-16-6-2-3-11-20-16)14-7-10-18-15(13-14)5-4-12-21-18/h7,10,13,16-17,19H,2-6,8-9,11-12H2,1H3. The molecule has 2 atom stereocenters. The van der Waals surface area contributed by atoms with Crippen LogP contribution in [0.1, 0.15) is 55.7 Å². The largest absolute Gasteiger partial charge is 0.493 e. The van der Waals surface area contributed by atoms with Crippen LogP contribution < -0.4 is 10.1 Å². The van der Waals surface area contributed by atoms with Gasteiger partial charge in [-0.1, -0.05) is 12.1 Å². The van der Waals surface area contributed by atoms with Crippen LogP contribution in [0.2, 0.25) is 0 Å². The molecule has 1 fully saturated rings. The normalized spacial score (nSPS) is 23.2. The fourth-order valence-corrected chi connectivity index (χ4v) is 3.46. The van der Waals surface area contributed by atoms with Crippen LogP contribution >= 0.6 is 0 Å². The van der Waals surface area contributed by atoms with Gasteiger partial charge in [0.2, 0.25) is 0 Å². The monoisotopic (exact) mass is 289 g/mol. The molecule has 3 nitrogen and oxygen atoms in total. The summed E-state index contributed by atoms with van der Waals surface area (Å²) in [7, 11) is 2.06. The van der Waals surface area contributed by atoms with Crippen LogP contribution in [0.3, 0.4) is 0 Å². The van der Waals surface area contributed by atoms with E-state index in [1.165, 1.54) is 30.4 Å². The first kappa shape index (κ1) is 14.9. The average molecular weight is 289 g/mol. The molecule has 0 aromatic heterocycles. The molecule has 0 spiro atoms. The molecular weight excluding hydrogens is 262 g/mol. The maximum Gasteiger partial charge on any atom is 0.122 e. The third-order valence-electron chi connectivity index (χ3n) is 4.73. The summed E-state index contributed by atoms with van der Waals surface area (Å²) in [5.74, 6) is 1.08. The minimum atomic E-state index is 0.419. The van der Waals surface area contributed by atoms with Crippen LogP contribution in [-0.2, 0) is 11.2 Å². The molecule has 1 N–H and O–H groups in total. The van der Waals surface area contributed by atoms with Crippen molar-refractivity contribution >= 4 is 0 Å². The lowest BCUT2D eigenvalue weighted by Crippen LogP contribution is -2.23. The molecule has 1 saturated heterocycles. The Morgan fingerprint density at radius 3 is 3.00 bits per heavy atom. The Balaban J connectivity index is 1.62. The van der Waals surface area contributed by atoms with Crippen molar-refractivity contribution in [3.63, 3.8) is 0 Å². The zero-order valence-corrected chi connectivity index (χ0v) is 13.1. The molecule has 0 saturated carbocycles. The third kappa shape index (κ3) is 3.78. The molecule has 1 aromatic rings. The molecule has 0 radical (unpaired) electrons. The Kier molecular flexibility index (Phi) is 5.15. The molecule has 2 aliphatic heterocycles. The van der Waals surface area contributed by atoms with E-state index >= 15 is 0 Å². The van der Waals surface area contributed by atoms with Gasteiger partial charge in [-0.15, -0.1) is 0 Å². The lowest BCUT2D eigenvalue weighted by atomic mass is 9.94. The van der Waals surface area contributed by atoms with Gasteiger partial charge in [0, 0.05) is 12.6 Å². The Morgan fingerprint density at radius 2 is 2.19 bits per heavy atom. The number of hydrogen-bond acceptors (Lipinski definition) is 3. The van der Waals surface area contributed by atoms with Gasteiger partial charge in [0.1, 0.15) is 5.75 Å². The van der Waals surface area contributed by atoms with Crippen LogP contribution in [0.4, 0.5) is 0 Å². The quantitative estimate of drug-likeness (QED) is 0.898. The van der Waals surface area contributed by atoms with E-state index in [0.29, 0.717) is 12.1 Å². The van der Waals surface area contributed by atoms with Gasteiger partial charge in [0.15, 0.2) is 0 Å². The van der Waals surface area contributed by atoms with E-state index in [1.54, 1.807) is 0 Å². The predicted molar refractivity (Wildman–Crippen MR) is 84.9 cm³/mol. The molecule has 2 unspecified atom stereocenters. The van der Waals surface area contributed by atoms with Gasteiger partial charge in [0.25, 0.3) is 0 Å². The van der Waals surface area contributed by atoms with Crippen molar-refractivity contribution in [2.45, 2.75) is 57.1 Å². The number of rotatable bonds is 5. The molecule has 0 aliphatic carbocycles. The predicted octanol–water partition coefficient (Wildman–Crippen LogP) is 3.62. The first-order valence-electron chi connectivity index (χ1n) is 8.41. The molecular formula is C18H27NO2. The molecule has 1 aromatic carbocycles. The van der Waals surface area contributed by atoms with E-state index in [2.05, 4.69) is 30.6 Å². The molecule has 0 bridgehead atoms. The fourth-order valence-electron chi connectivity index (χ4n) is 3.46. The molecule has 116 valence electrons. The second-order valence-electron chi connectivity index (χ2n) is 6.23. The van der Waals surface area contributed by atoms with E-state index < -0.39 is 0 Å². The summed E-state index contributed by atoms with van der Waals surface area (Å²) in [6, 6.07) is 7.11. The summed E-state index contributed by atoms with van der Waals surface area (Å²) < 4.78 is 11.6. The van der Waals surface area contributed by atoms with Crippen molar-refractivity contribution in [1.82, 2.24) is 5.32 Å². The van der Waals surface area contributed by atoms with Crippen LogP contribution in [0.25, 0.3) is 0 Å². The van der Waals surface area contributed by atoms with Gasteiger partial charge in [-0.25, -0.2) is 0 Å². The van der Waals surface area contributed by atoms with E-state index in [4.69, 9.17) is 9.47 Å². The van der Waals surface area contributed by atoms with Crippen molar-refractivity contribution in [3.05, 3.63) is 29.3 Å². The molecule has 2 heterocycles. The van der Waals surface area contributed by atoms with Crippen LogP contribution in [0.15, 0.2) is 18.2 Å². The Morgan fingerprint density at radius 1 is 1.24 bits per heavy atom. The summed E-state index contributed by atoms with van der Waals surface area (Å²) in [5.41, 5.74) is 2.76. The lowest BCUT2D eigenvalue weighted by molar-refractivity contribution is 0.00866. The molecule has 3 rings (SSSR count). The minimum absolute atomic E-state index is 0.419. The maximum absolute atomic E-state index is 5.85. The number of ether oxygens (including phenoxy) is 2. The number of aryl methyl sites for hydroxylation is 1. The van der Waals surface area contributed by atoms with Crippen molar-refractivity contribution in [2.24, 2.45) is 0 Å².